The summed E-state index contributed by atoms with van der Waals surface area (Å²) in [5.74, 6) is 1.20. The number of benzene rings is 1. The van der Waals surface area contributed by atoms with Crippen molar-refractivity contribution in [2.45, 2.75) is 30.2 Å². The first-order chi connectivity index (χ1) is 16.2. The molecule has 2 aliphatic heterocycles. The molecule has 2 aromatic rings. The third-order valence-electron chi connectivity index (χ3n) is 7.32. The molecule has 0 atom stereocenters. The summed E-state index contributed by atoms with van der Waals surface area (Å²) in [5, 5.41) is 0. The number of aromatic nitrogens is 2. The molecule has 1 aromatic carbocycles. The molecule has 33 heavy (non-hydrogen) atoms. The van der Waals surface area contributed by atoms with Crippen molar-refractivity contribution in [3.05, 3.63) is 36.7 Å². The molecule has 0 N–H and O–H groups in total. The van der Waals surface area contributed by atoms with Gasteiger partial charge in [0.2, 0.25) is 5.91 Å². The zero-order valence-electron chi connectivity index (χ0n) is 19.5. The smallest absolute Gasteiger partial charge is 0.236 e. The maximum absolute atomic E-state index is 12.8. The third kappa shape index (κ3) is 5.34. The van der Waals surface area contributed by atoms with Crippen LogP contribution < -0.4 is 4.90 Å². The van der Waals surface area contributed by atoms with Crippen molar-refractivity contribution in [3.63, 3.8) is 0 Å². The summed E-state index contributed by atoms with van der Waals surface area (Å²) >= 11 is 1.73. The molecule has 0 spiro atoms. The molecule has 3 aliphatic rings. The molecular formula is C25H34N6OS. The molecule has 3 fully saturated rings. The monoisotopic (exact) mass is 466 g/mol. The Hall–Kier alpha value is -2.16. The minimum absolute atomic E-state index is 0.285. The molecule has 1 saturated carbocycles. The Morgan fingerprint density at radius 3 is 2.42 bits per heavy atom. The first-order valence-electron chi connectivity index (χ1n) is 12.2. The van der Waals surface area contributed by atoms with Crippen molar-refractivity contribution in [1.82, 2.24) is 24.7 Å². The second-order valence-electron chi connectivity index (χ2n) is 9.26. The number of amides is 1. The molecule has 8 heteroatoms. The van der Waals surface area contributed by atoms with E-state index in [0.717, 1.165) is 75.5 Å². The van der Waals surface area contributed by atoms with Gasteiger partial charge in [0.05, 0.1) is 24.6 Å². The first kappa shape index (κ1) is 22.6. The van der Waals surface area contributed by atoms with E-state index in [1.807, 2.05) is 12.4 Å². The standard InChI is InChI=1S/C25H34N6OS/c1-33-22-7-2-4-20(16-22)23-17-27-24(18-26-23)30-10-8-28(9-11-30)19-25(32)31-14-12-29(13-15-31)21-5-3-6-21/h2,4,7,16-18,21H,3,5-6,8-15,19H2,1H3. The van der Waals surface area contributed by atoms with Crippen LogP contribution in [-0.2, 0) is 4.79 Å². The topological polar surface area (TPSA) is 55.8 Å². The molecule has 5 rings (SSSR count). The highest BCUT2D eigenvalue weighted by atomic mass is 32.2. The lowest BCUT2D eigenvalue weighted by atomic mass is 9.91. The Kier molecular flexibility index (Phi) is 7.13. The summed E-state index contributed by atoms with van der Waals surface area (Å²) in [5.41, 5.74) is 1.99. The second kappa shape index (κ2) is 10.4. The molecular weight excluding hydrogens is 432 g/mol. The number of hydrogen-bond donors (Lipinski definition) is 0. The normalized spacial score (nSPS) is 20.6. The quantitative estimate of drug-likeness (QED) is 0.607. The number of rotatable bonds is 6. The van der Waals surface area contributed by atoms with Crippen molar-refractivity contribution < 1.29 is 4.79 Å². The van der Waals surface area contributed by atoms with Crippen LogP contribution in [0.15, 0.2) is 41.6 Å². The molecule has 1 aromatic heterocycles. The average molecular weight is 467 g/mol. The highest BCUT2D eigenvalue weighted by Crippen LogP contribution is 2.26. The summed E-state index contributed by atoms with van der Waals surface area (Å²) in [6.45, 7) is 7.90. The minimum atomic E-state index is 0.285. The van der Waals surface area contributed by atoms with Crippen molar-refractivity contribution in [1.29, 1.82) is 0 Å². The summed E-state index contributed by atoms with van der Waals surface area (Å²) in [6.07, 6.45) is 9.89. The van der Waals surface area contributed by atoms with Crippen LogP contribution in [-0.4, -0.2) is 102 Å². The Balaban J connectivity index is 1.09. The summed E-state index contributed by atoms with van der Waals surface area (Å²) in [7, 11) is 0. The lowest BCUT2D eigenvalue weighted by molar-refractivity contribution is -0.134. The molecule has 7 nitrogen and oxygen atoms in total. The van der Waals surface area contributed by atoms with Crippen molar-refractivity contribution in [3.8, 4) is 11.3 Å². The lowest BCUT2D eigenvalue weighted by Gasteiger charge is -2.43. The number of anilines is 1. The van der Waals surface area contributed by atoms with Gasteiger partial charge in [-0.3, -0.25) is 19.6 Å². The number of piperazine rings is 2. The zero-order chi connectivity index (χ0) is 22.6. The van der Waals surface area contributed by atoms with E-state index in [1.54, 1.807) is 11.8 Å². The summed E-state index contributed by atoms with van der Waals surface area (Å²) < 4.78 is 0. The lowest BCUT2D eigenvalue weighted by Crippen LogP contribution is -2.56. The predicted molar refractivity (Wildman–Crippen MR) is 134 cm³/mol. The highest BCUT2D eigenvalue weighted by Gasteiger charge is 2.30. The van der Waals surface area contributed by atoms with Crippen LogP contribution in [0, 0.1) is 0 Å². The number of carbonyl (C=O) groups excluding carboxylic acids is 1. The van der Waals surface area contributed by atoms with E-state index in [-0.39, 0.29) is 5.91 Å². The van der Waals surface area contributed by atoms with Crippen LogP contribution >= 0.6 is 11.8 Å². The fourth-order valence-corrected chi connectivity index (χ4v) is 5.39. The molecule has 1 aliphatic carbocycles. The number of hydrogen-bond acceptors (Lipinski definition) is 7. The maximum atomic E-state index is 12.8. The van der Waals surface area contributed by atoms with Gasteiger partial charge in [-0.05, 0) is 31.2 Å². The Labute approximate surface area is 201 Å². The first-order valence-corrected chi connectivity index (χ1v) is 13.4. The van der Waals surface area contributed by atoms with Gasteiger partial charge in [-0.2, -0.15) is 0 Å². The van der Waals surface area contributed by atoms with E-state index in [1.165, 1.54) is 24.2 Å². The van der Waals surface area contributed by atoms with Gasteiger partial charge in [0.15, 0.2) is 0 Å². The predicted octanol–water partition coefficient (Wildman–Crippen LogP) is 2.68. The SMILES string of the molecule is CSc1cccc(-c2cnc(N3CCN(CC(=O)N4CCN(C5CCC5)CC4)CC3)cn2)c1. The van der Waals surface area contributed by atoms with Crippen molar-refractivity contribution >= 4 is 23.5 Å². The molecule has 2 saturated heterocycles. The Morgan fingerprint density at radius 1 is 1.00 bits per heavy atom. The van der Waals surface area contributed by atoms with E-state index in [9.17, 15) is 4.79 Å². The van der Waals surface area contributed by atoms with Crippen molar-refractivity contribution in [2.75, 3.05) is 70.1 Å². The summed E-state index contributed by atoms with van der Waals surface area (Å²) in [6, 6.07) is 9.18. The molecule has 0 unspecified atom stereocenters. The van der Waals surface area contributed by atoms with Crippen LogP contribution in [0.1, 0.15) is 19.3 Å². The molecule has 0 bridgehead atoms. The van der Waals surface area contributed by atoms with Crippen LogP contribution in [0.2, 0.25) is 0 Å². The highest BCUT2D eigenvalue weighted by molar-refractivity contribution is 7.98. The third-order valence-corrected chi connectivity index (χ3v) is 8.04. The van der Waals surface area contributed by atoms with Gasteiger partial charge in [-0.1, -0.05) is 18.6 Å². The van der Waals surface area contributed by atoms with E-state index < -0.39 is 0 Å². The number of thioether (sulfide) groups is 1. The van der Waals surface area contributed by atoms with E-state index in [4.69, 9.17) is 0 Å². The molecule has 3 heterocycles. The fraction of sp³-hybridized carbons (Fsp3) is 0.560. The Morgan fingerprint density at radius 2 is 1.79 bits per heavy atom. The van der Waals surface area contributed by atoms with Gasteiger partial charge in [-0.25, -0.2) is 4.98 Å². The second-order valence-corrected chi connectivity index (χ2v) is 10.1. The number of carbonyl (C=O) groups is 1. The van der Waals surface area contributed by atoms with E-state index >= 15 is 0 Å². The molecule has 1 amide bonds. The largest absolute Gasteiger partial charge is 0.353 e. The molecule has 176 valence electrons. The fourth-order valence-electron chi connectivity index (χ4n) is 4.93. The molecule has 0 radical (unpaired) electrons. The van der Waals surface area contributed by atoms with E-state index in [2.05, 4.69) is 60.1 Å². The van der Waals surface area contributed by atoms with Gasteiger partial charge in [0.25, 0.3) is 0 Å². The van der Waals surface area contributed by atoms with Gasteiger partial charge in [-0.15, -0.1) is 11.8 Å². The number of nitrogens with zero attached hydrogens (tertiary/aromatic N) is 6. The Bertz CT molecular complexity index is 934. The van der Waals surface area contributed by atoms with Crippen molar-refractivity contribution in [2.24, 2.45) is 0 Å². The summed E-state index contributed by atoms with van der Waals surface area (Å²) in [4.78, 5) is 32.6. The van der Waals surface area contributed by atoms with Crippen LogP contribution in [0.3, 0.4) is 0 Å². The van der Waals surface area contributed by atoms with Crippen LogP contribution in [0.4, 0.5) is 5.82 Å². The minimum Gasteiger partial charge on any atom is -0.353 e. The zero-order valence-corrected chi connectivity index (χ0v) is 20.3. The van der Waals surface area contributed by atoms with Gasteiger partial charge >= 0.3 is 0 Å². The average Bonchev–Trinajstić information content (AvgIpc) is 2.84. The van der Waals surface area contributed by atoms with Gasteiger partial charge in [0.1, 0.15) is 5.82 Å². The van der Waals surface area contributed by atoms with Crippen LogP contribution in [0.25, 0.3) is 11.3 Å². The van der Waals surface area contributed by atoms with Gasteiger partial charge in [0, 0.05) is 68.9 Å². The van der Waals surface area contributed by atoms with Gasteiger partial charge < -0.3 is 9.80 Å². The van der Waals surface area contributed by atoms with Crippen LogP contribution in [0.5, 0.6) is 0 Å². The maximum Gasteiger partial charge on any atom is 0.236 e. The van der Waals surface area contributed by atoms with E-state index in [0.29, 0.717) is 6.54 Å².